The fourth-order valence-electron chi connectivity index (χ4n) is 2.43. The Balaban J connectivity index is 2.00. The van der Waals surface area contributed by atoms with Gasteiger partial charge in [-0.15, -0.1) is 11.8 Å². The van der Waals surface area contributed by atoms with Crippen LogP contribution in [0.2, 0.25) is 0 Å². The van der Waals surface area contributed by atoms with Crippen LogP contribution in [0.25, 0.3) is 0 Å². The van der Waals surface area contributed by atoms with Crippen molar-refractivity contribution in [2.45, 2.75) is 24.2 Å². The monoisotopic (exact) mass is 279 g/mol. The summed E-state index contributed by atoms with van der Waals surface area (Å²) < 4.78 is 0. The van der Waals surface area contributed by atoms with Crippen LogP contribution in [-0.4, -0.2) is 23.2 Å². The zero-order chi connectivity index (χ0) is 13.8. The molecule has 1 aromatic rings. The lowest BCUT2D eigenvalue weighted by molar-refractivity contribution is -0.141. The molecule has 0 saturated heterocycles. The first-order valence-electron chi connectivity index (χ1n) is 6.28. The molecule has 0 bridgehead atoms. The molecule has 1 amide bonds. The number of hydrogen-bond acceptors (Lipinski definition) is 3. The van der Waals surface area contributed by atoms with Gasteiger partial charge in [0.1, 0.15) is 0 Å². The van der Waals surface area contributed by atoms with Gasteiger partial charge in [0.2, 0.25) is 5.91 Å². The molecular formula is C14H17NO3S. The lowest BCUT2D eigenvalue weighted by Gasteiger charge is -2.13. The van der Waals surface area contributed by atoms with Crippen LogP contribution in [0.1, 0.15) is 19.3 Å². The molecule has 0 heterocycles. The van der Waals surface area contributed by atoms with Crippen molar-refractivity contribution < 1.29 is 14.7 Å². The summed E-state index contributed by atoms with van der Waals surface area (Å²) in [5.74, 6) is -1.41. The molecular weight excluding hydrogens is 262 g/mol. The van der Waals surface area contributed by atoms with E-state index in [4.69, 9.17) is 5.11 Å². The van der Waals surface area contributed by atoms with Gasteiger partial charge in [-0.1, -0.05) is 12.1 Å². The lowest BCUT2D eigenvalue weighted by Crippen LogP contribution is -2.22. The molecule has 2 rings (SSSR count). The number of carbonyl (C=O) groups is 2. The van der Waals surface area contributed by atoms with Crippen molar-refractivity contribution in [3.05, 3.63) is 24.3 Å². The van der Waals surface area contributed by atoms with E-state index in [9.17, 15) is 9.59 Å². The van der Waals surface area contributed by atoms with E-state index < -0.39 is 5.97 Å². The van der Waals surface area contributed by atoms with E-state index in [0.717, 1.165) is 10.6 Å². The molecule has 1 fully saturated rings. The van der Waals surface area contributed by atoms with Crippen molar-refractivity contribution in [1.82, 2.24) is 0 Å². The third-order valence-electron chi connectivity index (χ3n) is 3.52. The second-order valence-corrected chi connectivity index (χ2v) is 5.58. The number of benzene rings is 1. The summed E-state index contributed by atoms with van der Waals surface area (Å²) in [4.78, 5) is 24.0. The van der Waals surface area contributed by atoms with Gasteiger partial charge in [-0.2, -0.15) is 0 Å². The molecule has 1 aliphatic carbocycles. The number of anilines is 1. The average molecular weight is 279 g/mol. The second kappa shape index (κ2) is 6.10. The Hall–Kier alpha value is -1.49. The van der Waals surface area contributed by atoms with Gasteiger partial charge in [-0.25, -0.2) is 0 Å². The van der Waals surface area contributed by atoms with Crippen molar-refractivity contribution in [3.8, 4) is 0 Å². The highest BCUT2D eigenvalue weighted by atomic mass is 32.2. The third kappa shape index (κ3) is 3.29. The summed E-state index contributed by atoms with van der Waals surface area (Å²) in [7, 11) is 0. The maximum Gasteiger partial charge on any atom is 0.306 e. The maximum atomic E-state index is 12.1. The number of amides is 1. The van der Waals surface area contributed by atoms with E-state index in [1.54, 1.807) is 11.8 Å². The molecule has 1 saturated carbocycles. The molecule has 102 valence electrons. The number of carboxylic acids is 1. The smallest absolute Gasteiger partial charge is 0.306 e. The minimum Gasteiger partial charge on any atom is -0.481 e. The number of carboxylic acid groups (broad SMARTS) is 1. The largest absolute Gasteiger partial charge is 0.481 e. The summed E-state index contributed by atoms with van der Waals surface area (Å²) in [6.07, 6.45) is 3.66. The van der Waals surface area contributed by atoms with E-state index in [2.05, 4.69) is 5.32 Å². The number of thioether (sulfide) groups is 1. The van der Waals surface area contributed by atoms with E-state index in [1.807, 2.05) is 30.5 Å². The number of aliphatic carboxylic acids is 1. The first-order chi connectivity index (χ1) is 9.11. The van der Waals surface area contributed by atoms with Crippen LogP contribution in [-0.2, 0) is 9.59 Å². The average Bonchev–Trinajstić information content (AvgIpc) is 2.89. The first kappa shape index (κ1) is 13.9. The molecule has 0 aliphatic heterocycles. The van der Waals surface area contributed by atoms with Crippen LogP contribution in [0.5, 0.6) is 0 Å². The van der Waals surface area contributed by atoms with Crippen LogP contribution in [0.4, 0.5) is 5.69 Å². The molecule has 2 atom stereocenters. The predicted octanol–water partition coefficient (Wildman–Crippen LogP) is 2.85. The van der Waals surface area contributed by atoms with Crippen LogP contribution in [0, 0.1) is 11.8 Å². The Bertz CT molecular complexity index is 489. The van der Waals surface area contributed by atoms with Gasteiger partial charge >= 0.3 is 5.97 Å². The quantitative estimate of drug-likeness (QED) is 0.832. The van der Waals surface area contributed by atoms with E-state index in [-0.39, 0.29) is 17.7 Å². The SMILES string of the molecule is CSc1ccccc1NC(=O)C1CCC(C(=O)O)C1. The van der Waals surface area contributed by atoms with Gasteiger partial charge in [-0.05, 0) is 37.7 Å². The van der Waals surface area contributed by atoms with E-state index in [0.29, 0.717) is 19.3 Å². The van der Waals surface area contributed by atoms with Gasteiger partial charge in [-0.3, -0.25) is 9.59 Å². The molecule has 19 heavy (non-hydrogen) atoms. The van der Waals surface area contributed by atoms with Crippen molar-refractivity contribution in [1.29, 1.82) is 0 Å². The Kier molecular flexibility index (Phi) is 4.47. The zero-order valence-electron chi connectivity index (χ0n) is 10.8. The highest BCUT2D eigenvalue weighted by molar-refractivity contribution is 7.98. The van der Waals surface area contributed by atoms with E-state index in [1.165, 1.54) is 0 Å². The third-order valence-corrected chi connectivity index (χ3v) is 4.31. The van der Waals surface area contributed by atoms with Crippen molar-refractivity contribution in [2.75, 3.05) is 11.6 Å². The molecule has 5 heteroatoms. The summed E-state index contributed by atoms with van der Waals surface area (Å²) in [6, 6.07) is 7.63. The topological polar surface area (TPSA) is 66.4 Å². The number of hydrogen-bond donors (Lipinski definition) is 2. The molecule has 2 N–H and O–H groups in total. The number of rotatable bonds is 4. The minimum atomic E-state index is -0.792. The van der Waals surface area contributed by atoms with Crippen LogP contribution in [0.3, 0.4) is 0 Å². The minimum absolute atomic E-state index is 0.0646. The van der Waals surface area contributed by atoms with Gasteiger partial charge in [0.15, 0.2) is 0 Å². The number of carbonyl (C=O) groups excluding carboxylic acids is 1. The second-order valence-electron chi connectivity index (χ2n) is 4.73. The number of para-hydroxylation sites is 1. The number of nitrogens with one attached hydrogen (secondary N) is 1. The summed E-state index contributed by atoms with van der Waals surface area (Å²) >= 11 is 1.58. The summed E-state index contributed by atoms with van der Waals surface area (Å²) in [5.41, 5.74) is 0.804. The van der Waals surface area contributed by atoms with Gasteiger partial charge < -0.3 is 10.4 Å². The fraction of sp³-hybridized carbons (Fsp3) is 0.429. The van der Waals surface area contributed by atoms with Gasteiger partial charge in [0, 0.05) is 10.8 Å². The molecule has 2 unspecified atom stereocenters. The van der Waals surface area contributed by atoms with Gasteiger partial charge in [0.25, 0.3) is 0 Å². The molecule has 1 aliphatic rings. The Morgan fingerprint density at radius 2 is 1.95 bits per heavy atom. The van der Waals surface area contributed by atoms with Crippen molar-refractivity contribution in [3.63, 3.8) is 0 Å². The fourth-order valence-corrected chi connectivity index (χ4v) is 2.98. The Morgan fingerprint density at radius 1 is 1.26 bits per heavy atom. The normalized spacial score (nSPS) is 22.2. The molecule has 1 aromatic carbocycles. The predicted molar refractivity (Wildman–Crippen MR) is 75.3 cm³/mol. The van der Waals surface area contributed by atoms with E-state index >= 15 is 0 Å². The van der Waals surface area contributed by atoms with Gasteiger partial charge in [0.05, 0.1) is 11.6 Å². The zero-order valence-corrected chi connectivity index (χ0v) is 11.6. The molecule has 0 radical (unpaired) electrons. The lowest BCUT2D eigenvalue weighted by atomic mass is 10.0. The highest BCUT2D eigenvalue weighted by Gasteiger charge is 2.33. The Morgan fingerprint density at radius 3 is 2.58 bits per heavy atom. The molecule has 0 aromatic heterocycles. The first-order valence-corrected chi connectivity index (χ1v) is 7.51. The molecule has 4 nitrogen and oxygen atoms in total. The van der Waals surface area contributed by atoms with Crippen LogP contribution in [0.15, 0.2) is 29.2 Å². The van der Waals surface area contributed by atoms with Crippen molar-refractivity contribution in [2.24, 2.45) is 11.8 Å². The Labute approximate surface area is 116 Å². The maximum absolute atomic E-state index is 12.1. The standard InChI is InChI=1S/C14H17NO3S/c1-19-12-5-3-2-4-11(12)15-13(16)9-6-7-10(8-9)14(17)18/h2-5,9-10H,6-8H2,1H3,(H,15,16)(H,17,18). The van der Waals surface area contributed by atoms with Crippen molar-refractivity contribution >= 4 is 29.3 Å². The van der Waals surface area contributed by atoms with Crippen LogP contribution >= 0.6 is 11.8 Å². The molecule has 0 spiro atoms. The summed E-state index contributed by atoms with van der Waals surface area (Å²) in [5, 5.41) is 11.9. The highest BCUT2D eigenvalue weighted by Crippen LogP contribution is 2.33. The van der Waals surface area contributed by atoms with Crippen LogP contribution < -0.4 is 5.32 Å². The summed E-state index contributed by atoms with van der Waals surface area (Å²) in [6.45, 7) is 0.